The molecule has 0 bridgehead atoms. The van der Waals surface area contributed by atoms with Crippen molar-refractivity contribution in [2.45, 2.75) is 65.7 Å². The van der Waals surface area contributed by atoms with Crippen LogP contribution < -0.4 is 5.32 Å². The van der Waals surface area contributed by atoms with E-state index in [9.17, 15) is 4.39 Å². The van der Waals surface area contributed by atoms with Gasteiger partial charge in [0.15, 0.2) is 0 Å². The lowest BCUT2D eigenvalue weighted by Gasteiger charge is -2.28. The lowest BCUT2D eigenvalue weighted by Crippen LogP contribution is -2.39. The first-order valence-corrected chi connectivity index (χ1v) is 7.84. The van der Waals surface area contributed by atoms with Crippen molar-refractivity contribution in [1.82, 2.24) is 5.32 Å². The van der Waals surface area contributed by atoms with Crippen LogP contribution in [0.3, 0.4) is 0 Å². The SMILES string of the molecule is CC(C)CC(C)OC(CNC(C)(C)C)c1ccccc1F. The van der Waals surface area contributed by atoms with Gasteiger partial charge in [0, 0.05) is 17.6 Å². The zero-order chi connectivity index (χ0) is 16.0. The van der Waals surface area contributed by atoms with Crippen LogP contribution in [0.1, 0.15) is 59.6 Å². The molecule has 0 saturated heterocycles. The third kappa shape index (κ3) is 7.05. The number of halogens is 1. The predicted octanol–water partition coefficient (Wildman–Crippen LogP) is 4.71. The standard InChI is InChI=1S/C18H30FNO/c1-13(2)11-14(3)21-17(12-20-18(4,5)6)15-9-7-8-10-16(15)19/h7-10,13-14,17,20H,11-12H2,1-6H3. The van der Waals surface area contributed by atoms with Gasteiger partial charge >= 0.3 is 0 Å². The van der Waals surface area contributed by atoms with Crippen LogP contribution in [-0.4, -0.2) is 18.2 Å². The molecular formula is C18H30FNO. The van der Waals surface area contributed by atoms with Crippen LogP contribution in [-0.2, 0) is 4.74 Å². The summed E-state index contributed by atoms with van der Waals surface area (Å²) in [7, 11) is 0. The largest absolute Gasteiger partial charge is 0.369 e. The molecule has 120 valence electrons. The van der Waals surface area contributed by atoms with E-state index in [0.717, 1.165) is 6.42 Å². The average molecular weight is 295 g/mol. The predicted molar refractivity (Wildman–Crippen MR) is 86.9 cm³/mol. The molecule has 0 aliphatic heterocycles. The fraction of sp³-hybridized carbons (Fsp3) is 0.667. The summed E-state index contributed by atoms with van der Waals surface area (Å²) in [4.78, 5) is 0. The number of nitrogens with one attached hydrogen (secondary N) is 1. The van der Waals surface area contributed by atoms with Gasteiger partial charge in [0.05, 0.1) is 12.2 Å². The van der Waals surface area contributed by atoms with Gasteiger partial charge in [-0.3, -0.25) is 0 Å². The summed E-state index contributed by atoms with van der Waals surface area (Å²) >= 11 is 0. The molecule has 21 heavy (non-hydrogen) atoms. The van der Waals surface area contributed by atoms with Crippen molar-refractivity contribution in [3.05, 3.63) is 35.6 Å². The zero-order valence-electron chi connectivity index (χ0n) is 14.2. The second kappa shape index (κ2) is 7.90. The summed E-state index contributed by atoms with van der Waals surface area (Å²) in [6.45, 7) is 13.3. The van der Waals surface area contributed by atoms with E-state index in [4.69, 9.17) is 4.74 Å². The Labute approximate surface area is 129 Å². The molecule has 0 spiro atoms. The summed E-state index contributed by atoms with van der Waals surface area (Å²) in [5.74, 6) is 0.367. The molecule has 0 aliphatic carbocycles. The maximum absolute atomic E-state index is 14.1. The molecule has 2 nitrogen and oxygen atoms in total. The van der Waals surface area contributed by atoms with E-state index in [-0.39, 0.29) is 23.6 Å². The summed E-state index contributed by atoms with van der Waals surface area (Å²) in [5, 5.41) is 3.41. The Bertz CT molecular complexity index is 425. The number of rotatable bonds is 7. The topological polar surface area (TPSA) is 21.3 Å². The van der Waals surface area contributed by atoms with Gasteiger partial charge < -0.3 is 10.1 Å². The summed E-state index contributed by atoms with van der Waals surface area (Å²) in [5.41, 5.74) is 0.610. The van der Waals surface area contributed by atoms with Gasteiger partial charge in [-0.25, -0.2) is 4.39 Å². The number of hydrogen-bond acceptors (Lipinski definition) is 2. The summed E-state index contributed by atoms with van der Waals surface area (Å²) < 4.78 is 20.2. The third-order valence-corrected chi connectivity index (χ3v) is 3.27. The Hall–Kier alpha value is -0.930. The van der Waals surface area contributed by atoms with Gasteiger partial charge in [0.1, 0.15) is 5.82 Å². The van der Waals surface area contributed by atoms with E-state index in [1.807, 2.05) is 12.1 Å². The number of benzene rings is 1. The van der Waals surface area contributed by atoms with Crippen LogP contribution in [0.15, 0.2) is 24.3 Å². The first-order valence-electron chi connectivity index (χ1n) is 7.84. The van der Waals surface area contributed by atoms with Crippen LogP contribution in [0.2, 0.25) is 0 Å². The van der Waals surface area contributed by atoms with Crippen LogP contribution in [0, 0.1) is 11.7 Å². The number of hydrogen-bond donors (Lipinski definition) is 1. The normalized spacial score (nSPS) is 15.2. The molecule has 0 radical (unpaired) electrons. The highest BCUT2D eigenvalue weighted by Crippen LogP contribution is 2.24. The molecule has 0 aromatic heterocycles. The Balaban J connectivity index is 2.82. The van der Waals surface area contributed by atoms with Crippen LogP contribution in [0.5, 0.6) is 0 Å². The minimum Gasteiger partial charge on any atom is -0.369 e. The van der Waals surface area contributed by atoms with E-state index in [2.05, 4.69) is 46.9 Å². The van der Waals surface area contributed by atoms with E-state index in [1.54, 1.807) is 6.07 Å². The van der Waals surface area contributed by atoms with Crippen molar-refractivity contribution in [2.75, 3.05) is 6.54 Å². The molecule has 2 atom stereocenters. The molecule has 1 aromatic carbocycles. The molecule has 0 heterocycles. The van der Waals surface area contributed by atoms with Gasteiger partial charge in [-0.2, -0.15) is 0 Å². The van der Waals surface area contributed by atoms with Gasteiger partial charge in [-0.15, -0.1) is 0 Å². The van der Waals surface area contributed by atoms with Crippen LogP contribution in [0.4, 0.5) is 4.39 Å². The Morgan fingerprint density at radius 3 is 2.29 bits per heavy atom. The van der Waals surface area contributed by atoms with Gasteiger partial charge in [-0.1, -0.05) is 32.0 Å². The summed E-state index contributed by atoms with van der Waals surface area (Å²) in [6, 6.07) is 6.88. The molecule has 3 heteroatoms. The lowest BCUT2D eigenvalue weighted by molar-refractivity contribution is -0.0168. The lowest BCUT2D eigenvalue weighted by atomic mass is 10.0. The fourth-order valence-electron chi connectivity index (χ4n) is 2.37. The zero-order valence-corrected chi connectivity index (χ0v) is 14.2. The van der Waals surface area contributed by atoms with Crippen LogP contribution >= 0.6 is 0 Å². The Kier molecular flexibility index (Phi) is 6.82. The molecule has 1 N–H and O–H groups in total. The fourth-order valence-corrected chi connectivity index (χ4v) is 2.37. The summed E-state index contributed by atoms with van der Waals surface area (Å²) in [6.07, 6.45) is 0.816. The van der Waals surface area contributed by atoms with Crippen molar-refractivity contribution >= 4 is 0 Å². The third-order valence-electron chi connectivity index (χ3n) is 3.27. The maximum atomic E-state index is 14.1. The molecule has 0 saturated carbocycles. The highest BCUT2D eigenvalue weighted by atomic mass is 19.1. The minimum absolute atomic E-state index is 0.0197. The Morgan fingerprint density at radius 2 is 1.76 bits per heavy atom. The van der Waals surface area contributed by atoms with Gasteiger partial charge in [0.25, 0.3) is 0 Å². The molecule has 0 amide bonds. The molecule has 0 aliphatic rings. The Morgan fingerprint density at radius 1 is 1.14 bits per heavy atom. The molecular weight excluding hydrogens is 265 g/mol. The van der Waals surface area contributed by atoms with E-state index < -0.39 is 0 Å². The van der Waals surface area contributed by atoms with E-state index >= 15 is 0 Å². The first kappa shape index (κ1) is 18.1. The quantitative estimate of drug-likeness (QED) is 0.787. The maximum Gasteiger partial charge on any atom is 0.129 e. The first-order chi connectivity index (χ1) is 9.69. The van der Waals surface area contributed by atoms with Crippen molar-refractivity contribution in [1.29, 1.82) is 0 Å². The molecule has 2 unspecified atom stereocenters. The monoisotopic (exact) mass is 295 g/mol. The van der Waals surface area contributed by atoms with Gasteiger partial charge in [-0.05, 0) is 46.1 Å². The molecule has 1 aromatic rings. The highest BCUT2D eigenvalue weighted by Gasteiger charge is 2.21. The second-order valence-corrected chi connectivity index (χ2v) is 7.22. The van der Waals surface area contributed by atoms with E-state index in [0.29, 0.717) is 18.0 Å². The molecule has 1 rings (SSSR count). The number of ether oxygens (including phenoxy) is 1. The van der Waals surface area contributed by atoms with Crippen molar-refractivity contribution in [3.63, 3.8) is 0 Å². The molecule has 0 fully saturated rings. The average Bonchev–Trinajstić information content (AvgIpc) is 2.33. The van der Waals surface area contributed by atoms with Crippen molar-refractivity contribution < 1.29 is 9.13 Å². The van der Waals surface area contributed by atoms with E-state index in [1.165, 1.54) is 6.07 Å². The highest BCUT2D eigenvalue weighted by molar-refractivity contribution is 5.20. The second-order valence-electron chi connectivity index (χ2n) is 7.22. The van der Waals surface area contributed by atoms with Gasteiger partial charge in [0.2, 0.25) is 0 Å². The van der Waals surface area contributed by atoms with Crippen molar-refractivity contribution in [2.24, 2.45) is 5.92 Å². The smallest absolute Gasteiger partial charge is 0.129 e. The van der Waals surface area contributed by atoms with Crippen molar-refractivity contribution in [3.8, 4) is 0 Å². The van der Waals surface area contributed by atoms with Crippen LogP contribution in [0.25, 0.3) is 0 Å². The minimum atomic E-state index is -0.265.